The fourth-order valence-electron chi connectivity index (χ4n) is 2.21. The zero-order chi connectivity index (χ0) is 16.7. The fraction of sp³-hybridized carbons (Fsp3) is 0.222. The van der Waals surface area contributed by atoms with Gasteiger partial charge in [-0.3, -0.25) is 9.59 Å². The molecule has 23 heavy (non-hydrogen) atoms. The Morgan fingerprint density at radius 3 is 2.52 bits per heavy atom. The van der Waals surface area contributed by atoms with E-state index in [1.54, 1.807) is 37.4 Å². The first kappa shape index (κ1) is 16.7. The van der Waals surface area contributed by atoms with E-state index in [9.17, 15) is 14.0 Å². The Labute approximate surface area is 134 Å². The van der Waals surface area contributed by atoms with Gasteiger partial charge in [0.15, 0.2) is 0 Å². The molecule has 5 heteroatoms. The number of amides is 2. The van der Waals surface area contributed by atoms with Gasteiger partial charge in [-0.25, -0.2) is 4.39 Å². The molecule has 0 aliphatic heterocycles. The number of carbonyl (C=O) groups is 2. The van der Waals surface area contributed by atoms with Crippen LogP contribution in [0.25, 0.3) is 0 Å². The van der Waals surface area contributed by atoms with Crippen molar-refractivity contribution in [3.05, 3.63) is 71.0 Å². The van der Waals surface area contributed by atoms with Crippen molar-refractivity contribution in [1.82, 2.24) is 10.6 Å². The van der Waals surface area contributed by atoms with Gasteiger partial charge in [-0.05, 0) is 41.8 Å². The minimum atomic E-state index is -0.297. The predicted molar refractivity (Wildman–Crippen MR) is 86.4 cm³/mol. The molecule has 0 aliphatic rings. The van der Waals surface area contributed by atoms with Crippen LogP contribution >= 0.6 is 0 Å². The summed E-state index contributed by atoms with van der Waals surface area (Å²) < 4.78 is 13.1. The summed E-state index contributed by atoms with van der Waals surface area (Å²) in [6.07, 6.45) is 0.778. The molecular formula is C18H19FN2O2. The van der Waals surface area contributed by atoms with Crippen LogP contribution in [0.4, 0.5) is 4.39 Å². The second-order valence-electron chi connectivity index (χ2n) is 5.19. The van der Waals surface area contributed by atoms with Crippen LogP contribution in [0, 0.1) is 5.82 Å². The van der Waals surface area contributed by atoms with Gasteiger partial charge in [0.2, 0.25) is 5.91 Å². The number of hydrogen-bond acceptors (Lipinski definition) is 2. The molecule has 2 amide bonds. The summed E-state index contributed by atoms with van der Waals surface area (Å²) in [5, 5.41) is 5.36. The van der Waals surface area contributed by atoms with Gasteiger partial charge in [0, 0.05) is 25.6 Å². The highest BCUT2D eigenvalue weighted by Crippen LogP contribution is 2.07. The van der Waals surface area contributed by atoms with E-state index in [1.165, 1.54) is 12.1 Å². The molecule has 0 fully saturated rings. The van der Waals surface area contributed by atoms with E-state index in [2.05, 4.69) is 10.6 Å². The van der Waals surface area contributed by atoms with Crippen molar-refractivity contribution in [3.63, 3.8) is 0 Å². The summed E-state index contributed by atoms with van der Waals surface area (Å²) in [7, 11) is 1.57. The summed E-state index contributed by atoms with van der Waals surface area (Å²) in [6.45, 7) is 0.354. The fourth-order valence-corrected chi connectivity index (χ4v) is 2.21. The smallest absolute Gasteiger partial charge is 0.251 e. The number of halogens is 1. The van der Waals surface area contributed by atoms with Gasteiger partial charge in [0.05, 0.1) is 0 Å². The van der Waals surface area contributed by atoms with Crippen molar-refractivity contribution in [3.8, 4) is 0 Å². The van der Waals surface area contributed by atoms with Crippen LogP contribution in [0.5, 0.6) is 0 Å². The van der Waals surface area contributed by atoms with E-state index in [1.807, 2.05) is 6.07 Å². The van der Waals surface area contributed by atoms with Crippen LogP contribution in [0.2, 0.25) is 0 Å². The van der Waals surface area contributed by atoms with Gasteiger partial charge in [-0.2, -0.15) is 0 Å². The van der Waals surface area contributed by atoms with Gasteiger partial charge in [0.1, 0.15) is 5.82 Å². The molecule has 4 nitrogen and oxygen atoms in total. The number of nitrogens with one attached hydrogen (secondary N) is 2. The summed E-state index contributed by atoms with van der Waals surface area (Å²) in [6, 6.07) is 13.3. The molecule has 0 saturated heterocycles. The number of benzene rings is 2. The van der Waals surface area contributed by atoms with Gasteiger partial charge in [-0.1, -0.05) is 24.3 Å². The molecule has 0 radical (unpaired) electrons. The Balaban J connectivity index is 1.83. The molecule has 120 valence electrons. The lowest BCUT2D eigenvalue weighted by atomic mass is 10.1. The van der Waals surface area contributed by atoms with Crippen molar-refractivity contribution in [2.45, 2.75) is 19.4 Å². The number of hydrogen-bond donors (Lipinski definition) is 2. The lowest BCUT2D eigenvalue weighted by molar-refractivity contribution is -0.121. The maximum absolute atomic E-state index is 13.1. The Bertz CT molecular complexity index is 701. The molecule has 2 aromatic carbocycles. The Hall–Kier alpha value is -2.69. The second kappa shape index (κ2) is 8.08. The SMILES string of the molecule is CNC(=O)c1cccc(CNC(=O)CCc2cccc(F)c2)c1. The summed E-state index contributed by atoms with van der Waals surface area (Å²) in [5.74, 6) is -0.571. The molecule has 0 saturated carbocycles. The maximum Gasteiger partial charge on any atom is 0.251 e. The van der Waals surface area contributed by atoms with Crippen molar-refractivity contribution in [2.24, 2.45) is 0 Å². The van der Waals surface area contributed by atoms with E-state index in [4.69, 9.17) is 0 Å². The monoisotopic (exact) mass is 314 g/mol. The van der Waals surface area contributed by atoms with Gasteiger partial charge >= 0.3 is 0 Å². The lowest BCUT2D eigenvalue weighted by Crippen LogP contribution is -2.23. The van der Waals surface area contributed by atoms with Crippen molar-refractivity contribution in [2.75, 3.05) is 7.05 Å². The highest BCUT2D eigenvalue weighted by molar-refractivity contribution is 5.94. The lowest BCUT2D eigenvalue weighted by Gasteiger charge is -2.07. The Kier molecular flexibility index (Phi) is 5.86. The van der Waals surface area contributed by atoms with E-state index in [0.717, 1.165) is 11.1 Å². The summed E-state index contributed by atoms with van der Waals surface area (Å²) >= 11 is 0. The van der Waals surface area contributed by atoms with Crippen LogP contribution in [-0.2, 0) is 17.8 Å². The molecule has 0 bridgehead atoms. The standard InChI is InChI=1S/C18H19FN2O2/c1-20-18(23)15-6-2-5-14(10-15)12-21-17(22)9-8-13-4-3-7-16(19)11-13/h2-7,10-11H,8-9,12H2,1H3,(H,20,23)(H,21,22). The van der Waals surface area contributed by atoms with E-state index >= 15 is 0 Å². The third-order valence-corrected chi connectivity index (χ3v) is 3.44. The molecule has 0 spiro atoms. The van der Waals surface area contributed by atoms with Crippen molar-refractivity contribution in [1.29, 1.82) is 0 Å². The van der Waals surface area contributed by atoms with Crippen LogP contribution in [0.3, 0.4) is 0 Å². The molecular weight excluding hydrogens is 295 g/mol. The predicted octanol–water partition coefficient (Wildman–Crippen LogP) is 2.43. The Morgan fingerprint density at radius 2 is 1.78 bits per heavy atom. The normalized spacial score (nSPS) is 10.2. The third kappa shape index (κ3) is 5.21. The Morgan fingerprint density at radius 1 is 1.04 bits per heavy atom. The molecule has 2 rings (SSSR count). The van der Waals surface area contributed by atoms with E-state index in [-0.39, 0.29) is 17.6 Å². The summed E-state index contributed by atoms with van der Waals surface area (Å²) in [4.78, 5) is 23.4. The molecule has 0 atom stereocenters. The molecule has 0 heterocycles. The minimum absolute atomic E-state index is 0.111. The largest absolute Gasteiger partial charge is 0.355 e. The average molecular weight is 314 g/mol. The molecule has 0 unspecified atom stereocenters. The third-order valence-electron chi connectivity index (χ3n) is 3.44. The van der Waals surface area contributed by atoms with Crippen molar-refractivity contribution < 1.29 is 14.0 Å². The van der Waals surface area contributed by atoms with Gasteiger partial charge in [0.25, 0.3) is 5.91 Å². The van der Waals surface area contributed by atoms with Crippen LogP contribution in [0.1, 0.15) is 27.9 Å². The zero-order valence-electron chi connectivity index (χ0n) is 12.9. The van der Waals surface area contributed by atoms with Crippen molar-refractivity contribution >= 4 is 11.8 Å². The molecule has 0 aromatic heterocycles. The quantitative estimate of drug-likeness (QED) is 0.860. The first-order valence-corrected chi connectivity index (χ1v) is 7.40. The first-order valence-electron chi connectivity index (χ1n) is 7.40. The van der Waals surface area contributed by atoms with Crippen LogP contribution < -0.4 is 10.6 Å². The highest BCUT2D eigenvalue weighted by Gasteiger charge is 2.06. The maximum atomic E-state index is 13.1. The van der Waals surface area contributed by atoms with Crippen LogP contribution in [-0.4, -0.2) is 18.9 Å². The molecule has 0 aliphatic carbocycles. The van der Waals surface area contributed by atoms with E-state index < -0.39 is 0 Å². The summed E-state index contributed by atoms with van der Waals surface area (Å²) in [5.41, 5.74) is 2.20. The zero-order valence-corrected chi connectivity index (χ0v) is 12.9. The topological polar surface area (TPSA) is 58.2 Å². The van der Waals surface area contributed by atoms with E-state index in [0.29, 0.717) is 24.9 Å². The average Bonchev–Trinajstić information content (AvgIpc) is 2.57. The first-order chi connectivity index (χ1) is 11.1. The number of rotatable bonds is 6. The number of aryl methyl sites for hydroxylation is 1. The number of carbonyl (C=O) groups excluding carboxylic acids is 2. The van der Waals surface area contributed by atoms with Crippen LogP contribution in [0.15, 0.2) is 48.5 Å². The second-order valence-corrected chi connectivity index (χ2v) is 5.19. The minimum Gasteiger partial charge on any atom is -0.355 e. The van der Waals surface area contributed by atoms with Gasteiger partial charge in [-0.15, -0.1) is 0 Å². The molecule has 2 aromatic rings. The molecule has 2 N–H and O–H groups in total. The van der Waals surface area contributed by atoms with Gasteiger partial charge < -0.3 is 10.6 Å². The highest BCUT2D eigenvalue weighted by atomic mass is 19.1.